The largest absolute Gasteiger partial charge is 0.411 e. The van der Waals surface area contributed by atoms with Crippen molar-refractivity contribution in [2.75, 3.05) is 10.6 Å². The Morgan fingerprint density at radius 2 is 1.69 bits per heavy atom. The third-order valence-corrected chi connectivity index (χ3v) is 7.63. The Morgan fingerprint density at radius 1 is 1.00 bits per heavy atom. The fourth-order valence-electron chi connectivity index (χ4n) is 4.36. The molecule has 0 saturated heterocycles. The van der Waals surface area contributed by atoms with E-state index in [1.165, 1.54) is 36.4 Å². The van der Waals surface area contributed by atoms with Crippen LogP contribution in [0.3, 0.4) is 0 Å². The third-order valence-electron chi connectivity index (χ3n) is 6.71. The van der Waals surface area contributed by atoms with E-state index < -0.39 is 33.6 Å². The zero-order valence-corrected chi connectivity index (χ0v) is 21.7. The number of benzene rings is 2. The second-order valence-corrected chi connectivity index (χ2v) is 11.2. The molecule has 0 unspecified atom stereocenters. The van der Waals surface area contributed by atoms with E-state index in [2.05, 4.69) is 25.6 Å². The molecule has 39 heavy (non-hydrogen) atoms. The molecule has 8 nitrogen and oxygen atoms in total. The predicted molar refractivity (Wildman–Crippen MR) is 139 cm³/mol. The van der Waals surface area contributed by atoms with Gasteiger partial charge in [-0.3, -0.25) is 0 Å². The molecular weight excluding hydrogens is 536 g/mol. The monoisotopic (exact) mass is 560 g/mol. The standard InChI is InChI=1S/C26H24F4N6O2S/c1-14-13-18(39(31,37)38)7-8-19(14)15(2)32-24-34-21-10-9-20(16-3-5-17(27)6-4-16)33-22(21)23(35-24)36-25(11-12-25)26(28,29)30/h3-10,13,15H,11-12H2,1-2H3,(H2,31,37,38)(H2,32,34,35,36)/t15-/m1/s1. The molecule has 1 aliphatic carbocycles. The Balaban J connectivity index is 1.54. The minimum atomic E-state index is -4.50. The van der Waals surface area contributed by atoms with Gasteiger partial charge in [-0.25, -0.2) is 27.9 Å². The van der Waals surface area contributed by atoms with Crippen LogP contribution in [0.1, 0.15) is 36.9 Å². The van der Waals surface area contributed by atoms with Crippen molar-refractivity contribution >= 4 is 32.8 Å². The van der Waals surface area contributed by atoms with Crippen LogP contribution in [0.5, 0.6) is 0 Å². The SMILES string of the molecule is Cc1cc(S(N)(=O)=O)ccc1[C@@H](C)Nc1nc(NC2(C(F)(F)F)CC2)c2nc(-c3ccc(F)cc3)ccc2n1. The Labute approximate surface area is 221 Å². The molecule has 2 aromatic heterocycles. The van der Waals surface area contributed by atoms with Crippen LogP contribution in [0.25, 0.3) is 22.3 Å². The molecule has 0 bridgehead atoms. The quantitative estimate of drug-likeness (QED) is 0.256. The van der Waals surface area contributed by atoms with Crippen molar-refractivity contribution in [1.29, 1.82) is 0 Å². The van der Waals surface area contributed by atoms with Crippen LogP contribution in [0.2, 0.25) is 0 Å². The van der Waals surface area contributed by atoms with Gasteiger partial charge in [0.1, 0.15) is 16.9 Å². The van der Waals surface area contributed by atoms with E-state index in [1.807, 2.05) is 0 Å². The average molecular weight is 561 g/mol. The molecule has 0 spiro atoms. The van der Waals surface area contributed by atoms with Crippen LogP contribution in [0.4, 0.5) is 29.3 Å². The first-order valence-corrected chi connectivity index (χ1v) is 13.5. The Kier molecular flexibility index (Phi) is 6.46. The second kappa shape index (κ2) is 9.42. The molecule has 1 fully saturated rings. The molecule has 0 aliphatic heterocycles. The first-order valence-electron chi connectivity index (χ1n) is 12.0. The van der Waals surface area contributed by atoms with Crippen molar-refractivity contribution in [3.05, 3.63) is 71.5 Å². The third kappa shape index (κ3) is 5.36. The molecule has 204 valence electrons. The highest BCUT2D eigenvalue weighted by Gasteiger charge is 2.64. The highest BCUT2D eigenvalue weighted by atomic mass is 32.2. The molecule has 5 rings (SSSR count). The van der Waals surface area contributed by atoms with Crippen LogP contribution in [0.15, 0.2) is 59.5 Å². The number of halogens is 4. The molecule has 4 aromatic rings. The number of aryl methyl sites for hydroxylation is 1. The van der Waals surface area contributed by atoms with Crippen molar-refractivity contribution in [2.45, 2.75) is 49.3 Å². The zero-order valence-electron chi connectivity index (χ0n) is 20.8. The number of hydrogen-bond donors (Lipinski definition) is 3. The molecule has 1 aliphatic rings. The van der Waals surface area contributed by atoms with Gasteiger partial charge in [-0.2, -0.15) is 18.2 Å². The maximum atomic E-state index is 13.8. The maximum absolute atomic E-state index is 13.8. The lowest BCUT2D eigenvalue weighted by Crippen LogP contribution is -2.39. The molecule has 2 aromatic carbocycles. The summed E-state index contributed by atoms with van der Waals surface area (Å²) < 4.78 is 78.2. The fraction of sp³-hybridized carbons (Fsp3) is 0.269. The Morgan fingerprint density at radius 3 is 2.28 bits per heavy atom. The molecular formula is C26H24F4N6O2S. The highest BCUT2D eigenvalue weighted by molar-refractivity contribution is 7.89. The number of nitrogens with one attached hydrogen (secondary N) is 2. The van der Waals surface area contributed by atoms with Crippen LogP contribution >= 0.6 is 0 Å². The lowest BCUT2D eigenvalue weighted by molar-refractivity contribution is -0.151. The minimum absolute atomic E-state index is 0.0330. The number of rotatable bonds is 7. The number of anilines is 2. The first-order chi connectivity index (χ1) is 18.3. The normalized spacial score (nSPS) is 15.7. The number of hydrogen-bond acceptors (Lipinski definition) is 7. The zero-order chi connectivity index (χ0) is 28.2. The summed E-state index contributed by atoms with van der Waals surface area (Å²) in [6.07, 6.45) is -4.70. The van der Waals surface area contributed by atoms with Gasteiger partial charge in [0.2, 0.25) is 16.0 Å². The molecule has 1 saturated carbocycles. The van der Waals surface area contributed by atoms with Gasteiger partial charge in [0.25, 0.3) is 0 Å². The van der Waals surface area contributed by atoms with Gasteiger partial charge in [-0.1, -0.05) is 6.07 Å². The summed E-state index contributed by atoms with van der Waals surface area (Å²) in [4.78, 5) is 13.3. The number of fused-ring (bicyclic) bond motifs is 1. The van der Waals surface area contributed by atoms with Gasteiger partial charge in [0, 0.05) is 5.56 Å². The van der Waals surface area contributed by atoms with E-state index >= 15 is 0 Å². The smallest absolute Gasteiger partial charge is 0.354 e. The van der Waals surface area contributed by atoms with E-state index in [0.717, 1.165) is 5.56 Å². The molecule has 4 N–H and O–H groups in total. The number of primary sulfonamides is 1. The fourth-order valence-corrected chi connectivity index (χ4v) is 4.96. The molecule has 2 heterocycles. The molecule has 13 heteroatoms. The van der Waals surface area contributed by atoms with Crippen LogP contribution in [-0.4, -0.2) is 35.1 Å². The Hall–Kier alpha value is -3.84. The van der Waals surface area contributed by atoms with Crippen molar-refractivity contribution in [1.82, 2.24) is 15.0 Å². The van der Waals surface area contributed by atoms with Crippen LogP contribution in [-0.2, 0) is 10.0 Å². The summed E-state index contributed by atoms with van der Waals surface area (Å²) in [5.74, 6) is -0.457. The number of sulfonamides is 1. The van der Waals surface area contributed by atoms with Crippen molar-refractivity contribution in [3.63, 3.8) is 0 Å². The number of alkyl halides is 3. The van der Waals surface area contributed by atoms with Gasteiger partial charge in [-0.15, -0.1) is 0 Å². The predicted octanol–water partition coefficient (Wildman–Crippen LogP) is 5.47. The Bertz CT molecular complexity index is 1670. The van der Waals surface area contributed by atoms with Crippen LogP contribution in [0, 0.1) is 12.7 Å². The van der Waals surface area contributed by atoms with Crippen LogP contribution < -0.4 is 15.8 Å². The summed E-state index contributed by atoms with van der Waals surface area (Å²) in [5, 5.41) is 10.9. The van der Waals surface area contributed by atoms with E-state index in [-0.39, 0.29) is 35.0 Å². The summed E-state index contributed by atoms with van der Waals surface area (Å²) >= 11 is 0. The van der Waals surface area contributed by atoms with Gasteiger partial charge in [0.15, 0.2) is 5.82 Å². The number of nitrogens with two attached hydrogens (primary N) is 1. The van der Waals surface area contributed by atoms with Crippen molar-refractivity contribution in [3.8, 4) is 11.3 Å². The van der Waals surface area contributed by atoms with E-state index in [0.29, 0.717) is 22.3 Å². The lowest BCUT2D eigenvalue weighted by atomic mass is 10.0. The molecule has 0 radical (unpaired) electrons. The molecule has 1 atom stereocenters. The van der Waals surface area contributed by atoms with Gasteiger partial charge in [-0.05, 0) is 86.3 Å². The summed E-state index contributed by atoms with van der Waals surface area (Å²) in [6.45, 7) is 3.51. The number of nitrogens with zero attached hydrogens (tertiary/aromatic N) is 3. The molecule has 0 amide bonds. The number of aromatic nitrogens is 3. The van der Waals surface area contributed by atoms with E-state index in [1.54, 1.807) is 32.0 Å². The minimum Gasteiger partial charge on any atom is -0.354 e. The van der Waals surface area contributed by atoms with E-state index in [4.69, 9.17) is 5.14 Å². The highest BCUT2D eigenvalue weighted by Crippen LogP contribution is 2.51. The maximum Gasteiger partial charge on any atom is 0.411 e. The van der Waals surface area contributed by atoms with Crippen molar-refractivity contribution < 1.29 is 26.0 Å². The first kappa shape index (κ1) is 26.8. The average Bonchev–Trinajstić information content (AvgIpc) is 3.65. The summed E-state index contributed by atoms with van der Waals surface area (Å²) in [5.41, 5.74) is 0.692. The van der Waals surface area contributed by atoms with Gasteiger partial charge < -0.3 is 10.6 Å². The van der Waals surface area contributed by atoms with Gasteiger partial charge >= 0.3 is 6.18 Å². The lowest BCUT2D eigenvalue weighted by Gasteiger charge is -2.23. The second-order valence-electron chi connectivity index (χ2n) is 9.60. The summed E-state index contributed by atoms with van der Waals surface area (Å²) in [6, 6.07) is 12.8. The number of pyridine rings is 1. The van der Waals surface area contributed by atoms with Crippen molar-refractivity contribution in [2.24, 2.45) is 5.14 Å². The summed E-state index contributed by atoms with van der Waals surface area (Å²) in [7, 11) is -3.88. The van der Waals surface area contributed by atoms with Gasteiger partial charge in [0.05, 0.1) is 22.1 Å². The topological polar surface area (TPSA) is 123 Å². The van der Waals surface area contributed by atoms with E-state index in [9.17, 15) is 26.0 Å².